The average molecular weight is 299 g/mol. The lowest BCUT2D eigenvalue weighted by atomic mass is 10.1. The van der Waals surface area contributed by atoms with E-state index in [0.29, 0.717) is 12.1 Å². The number of halogens is 3. The van der Waals surface area contributed by atoms with Crippen LogP contribution < -0.4 is 5.32 Å². The van der Waals surface area contributed by atoms with Crippen molar-refractivity contribution in [2.24, 2.45) is 0 Å². The zero-order valence-electron chi connectivity index (χ0n) is 11.5. The Morgan fingerprint density at radius 3 is 2.67 bits per heavy atom. The predicted octanol–water partition coefficient (Wildman–Crippen LogP) is 3.01. The minimum Gasteiger partial charge on any atom is -0.395 e. The van der Waals surface area contributed by atoms with Gasteiger partial charge in [0.15, 0.2) is 0 Å². The summed E-state index contributed by atoms with van der Waals surface area (Å²) in [6.07, 6.45) is -5.70. The van der Waals surface area contributed by atoms with Crippen LogP contribution in [0.2, 0.25) is 0 Å². The molecule has 1 amide bonds. The topological polar surface area (TPSA) is 49.3 Å². The molecule has 0 aliphatic rings. The minimum atomic E-state index is -4.33. The van der Waals surface area contributed by atoms with Crippen molar-refractivity contribution in [1.82, 2.24) is 0 Å². The minimum absolute atomic E-state index is 0.0145. The largest absolute Gasteiger partial charge is 0.395 e. The summed E-state index contributed by atoms with van der Waals surface area (Å²) in [6.45, 7) is 1.77. The van der Waals surface area contributed by atoms with Gasteiger partial charge in [0, 0.05) is 24.1 Å². The third-order valence-corrected chi connectivity index (χ3v) is 2.61. The highest BCUT2D eigenvalue weighted by atomic mass is 19.4. The third kappa shape index (κ3) is 6.82. The summed E-state index contributed by atoms with van der Waals surface area (Å²) in [7, 11) is 0. The number of amides is 1. The van der Waals surface area contributed by atoms with Crippen LogP contribution in [0.15, 0.2) is 18.2 Å². The smallest absolute Gasteiger partial charge is 0.389 e. The Hall–Kier alpha value is -2.00. The van der Waals surface area contributed by atoms with Gasteiger partial charge in [-0.2, -0.15) is 13.2 Å². The van der Waals surface area contributed by atoms with Gasteiger partial charge >= 0.3 is 6.18 Å². The van der Waals surface area contributed by atoms with Gasteiger partial charge in [0.2, 0.25) is 5.91 Å². The van der Waals surface area contributed by atoms with E-state index < -0.39 is 24.9 Å². The molecular weight excluding hydrogens is 283 g/mol. The van der Waals surface area contributed by atoms with E-state index in [2.05, 4.69) is 17.2 Å². The Kier molecular flexibility index (Phi) is 6.25. The Balaban J connectivity index is 2.64. The molecule has 2 N–H and O–H groups in total. The number of aryl methyl sites for hydroxylation is 1. The van der Waals surface area contributed by atoms with Crippen molar-refractivity contribution >= 4 is 11.6 Å². The number of hydrogen-bond acceptors (Lipinski definition) is 2. The van der Waals surface area contributed by atoms with Crippen molar-refractivity contribution in [3.8, 4) is 11.8 Å². The van der Waals surface area contributed by atoms with Gasteiger partial charge < -0.3 is 10.4 Å². The quantitative estimate of drug-likeness (QED) is 0.840. The first-order valence-electron chi connectivity index (χ1n) is 6.39. The van der Waals surface area contributed by atoms with Crippen LogP contribution in [0.25, 0.3) is 0 Å². The fourth-order valence-corrected chi connectivity index (χ4v) is 1.57. The highest BCUT2D eigenvalue weighted by Gasteiger charge is 2.27. The molecule has 0 atom stereocenters. The molecule has 1 aromatic rings. The molecule has 0 saturated heterocycles. The first kappa shape index (κ1) is 17.1. The van der Waals surface area contributed by atoms with Crippen molar-refractivity contribution in [3.63, 3.8) is 0 Å². The molecule has 3 nitrogen and oxygen atoms in total. The molecule has 1 aromatic carbocycles. The Morgan fingerprint density at radius 1 is 1.38 bits per heavy atom. The molecule has 0 aromatic heterocycles. The summed E-state index contributed by atoms with van der Waals surface area (Å²) in [5.74, 6) is 4.97. The number of alkyl halides is 3. The van der Waals surface area contributed by atoms with Crippen LogP contribution in [0.1, 0.15) is 30.4 Å². The van der Waals surface area contributed by atoms with Crippen molar-refractivity contribution in [3.05, 3.63) is 29.3 Å². The van der Waals surface area contributed by atoms with E-state index in [1.165, 1.54) is 0 Å². The molecule has 0 saturated carbocycles. The molecule has 0 fully saturated rings. The molecule has 0 radical (unpaired) electrons. The van der Waals surface area contributed by atoms with E-state index in [9.17, 15) is 18.0 Å². The van der Waals surface area contributed by atoms with E-state index in [1.807, 2.05) is 0 Å². The summed E-state index contributed by atoms with van der Waals surface area (Å²) < 4.78 is 36.0. The SMILES string of the molecule is Cc1cc(NC(=O)CCC(F)(F)F)ccc1C#CCCO. The fourth-order valence-electron chi connectivity index (χ4n) is 1.57. The number of aliphatic hydroxyl groups is 1. The van der Waals surface area contributed by atoms with Crippen molar-refractivity contribution in [2.75, 3.05) is 11.9 Å². The standard InChI is InChI=1S/C15H16F3NO2/c1-11-10-13(6-5-12(11)4-2-3-9-20)19-14(21)7-8-15(16,17)18/h5-6,10,20H,3,7-9H2,1H3,(H,19,21). The van der Waals surface area contributed by atoms with E-state index in [4.69, 9.17) is 5.11 Å². The molecule has 6 heteroatoms. The maximum atomic E-state index is 12.0. The molecule has 0 bridgehead atoms. The van der Waals surface area contributed by atoms with Crippen LogP contribution in [-0.4, -0.2) is 23.8 Å². The summed E-state index contributed by atoms with van der Waals surface area (Å²) >= 11 is 0. The number of anilines is 1. The number of carbonyl (C=O) groups excluding carboxylic acids is 1. The second-order valence-electron chi connectivity index (χ2n) is 4.47. The van der Waals surface area contributed by atoms with Crippen LogP contribution in [0.4, 0.5) is 18.9 Å². The fraction of sp³-hybridized carbons (Fsp3) is 0.400. The molecule has 1 rings (SSSR count). The van der Waals surface area contributed by atoms with E-state index in [1.54, 1.807) is 25.1 Å². The molecule has 0 heterocycles. The number of aliphatic hydroxyl groups excluding tert-OH is 1. The molecule has 0 spiro atoms. The van der Waals surface area contributed by atoms with Gasteiger partial charge in [-0.05, 0) is 30.7 Å². The van der Waals surface area contributed by atoms with Crippen LogP contribution in [0.5, 0.6) is 0 Å². The van der Waals surface area contributed by atoms with Crippen LogP contribution in [-0.2, 0) is 4.79 Å². The summed E-state index contributed by atoms with van der Waals surface area (Å²) in [4.78, 5) is 11.4. The summed E-state index contributed by atoms with van der Waals surface area (Å²) in [5, 5.41) is 11.1. The molecule has 0 aliphatic carbocycles. The van der Waals surface area contributed by atoms with Gasteiger partial charge in [-0.1, -0.05) is 11.8 Å². The van der Waals surface area contributed by atoms with Gasteiger partial charge in [-0.25, -0.2) is 0 Å². The molecule has 0 aliphatic heterocycles. The number of carbonyl (C=O) groups is 1. The summed E-state index contributed by atoms with van der Waals surface area (Å²) in [6, 6.07) is 4.91. The molecular formula is C15H16F3NO2. The van der Waals surface area contributed by atoms with Gasteiger partial charge in [0.1, 0.15) is 0 Å². The lowest BCUT2D eigenvalue weighted by Crippen LogP contribution is -2.16. The number of benzene rings is 1. The normalized spacial score (nSPS) is 10.7. The zero-order valence-corrected chi connectivity index (χ0v) is 11.5. The molecule has 0 unspecified atom stereocenters. The molecule has 21 heavy (non-hydrogen) atoms. The predicted molar refractivity (Wildman–Crippen MR) is 73.7 cm³/mol. The average Bonchev–Trinajstić information content (AvgIpc) is 2.38. The van der Waals surface area contributed by atoms with Gasteiger partial charge in [-0.3, -0.25) is 4.79 Å². The Bertz CT molecular complexity index is 556. The lowest BCUT2D eigenvalue weighted by molar-refractivity contribution is -0.142. The van der Waals surface area contributed by atoms with Gasteiger partial charge in [0.05, 0.1) is 13.0 Å². The van der Waals surface area contributed by atoms with Gasteiger partial charge in [-0.15, -0.1) is 0 Å². The maximum Gasteiger partial charge on any atom is 0.389 e. The first-order valence-corrected chi connectivity index (χ1v) is 6.39. The lowest BCUT2D eigenvalue weighted by Gasteiger charge is -2.08. The highest BCUT2D eigenvalue weighted by Crippen LogP contribution is 2.22. The summed E-state index contributed by atoms with van der Waals surface area (Å²) in [5.41, 5.74) is 1.98. The van der Waals surface area contributed by atoms with E-state index >= 15 is 0 Å². The van der Waals surface area contributed by atoms with Gasteiger partial charge in [0.25, 0.3) is 0 Å². The Morgan fingerprint density at radius 2 is 2.10 bits per heavy atom. The second-order valence-corrected chi connectivity index (χ2v) is 4.47. The van der Waals surface area contributed by atoms with Crippen LogP contribution >= 0.6 is 0 Å². The number of hydrogen-bond donors (Lipinski definition) is 2. The number of rotatable bonds is 4. The van der Waals surface area contributed by atoms with Crippen LogP contribution in [0.3, 0.4) is 0 Å². The first-order chi connectivity index (χ1) is 9.81. The third-order valence-electron chi connectivity index (χ3n) is 2.61. The Labute approximate surface area is 121 Å². The van der Waals surface area contributed by atoms with Crippen molar-refractivity contribution in [2.45, 2.75) is 32.4 Å². The maximum absolute atomic E-state index is 12.0. The second kappa shape index (κ2) is 7.70. The highest BCUT2D eigenvalue weighted by molar-refractivity contribution is 5.90. The zero-order chi connectivity index (χ0) is 15.9. The van der Waals surface area contributed by atoms with E-state index in [0.717, 1.165) is 11.1 Å². The number of nitrogens with one attached hydrogen (secondary N) is 1. The molecule has 114 valence electrons. The van der Waals surface area contributed by atoms with E-state index in [-0.39, 0.29) is 6.61 Å². The van der Waals surface area contributed by atoms with Crippen LogP contribution in [0, 0.1) is 18.8 Å². The monoisotopic (exact) mass is 299 g/mol. The van der Waals surface area contributed by atoms with Crippen molar-refractivity contribution < 1.29 is 23.1 Å². The van der Waals surface area contributed by atoms with Crippen molar-refractivity contribution in [1.29, 1.82) is 0 Å².